The zero-order chi connectivity index (χ0) is 17.4. The molecule has 4 rings (SSSR count). The Bertz CT molecular complexity index is 866. The van der Waals surface area contributed by atoms with E-state index >= 15 is 0 Å². The van der Waals surface area contributed by atoms with Crippen molar-refractivity contribution < 1.29 is 0 Å². The van der Waals surface area contributed by atoms with E-state index in [2.05, 4.69) is 31.7 Å². The number of piperidine rings is 1. The monoisotopic (exact) mass is 358 g/mol. The zero-order valence-electron chi connectivity index (χ0n) is 13.7. The number of fused-ring (bicyclic) bond motifs is 4. The van der Waals surface area contributed by atoms with Crippen LogP contribution in [0.4, 0.5) is 11.9 Å². The van der Waals surface area contributed by atoms with E-state index in [1.807, 2.05) is 16.7 Å². The summed E-state index contributed by atoms with van der Waals surface area (Å²) in [5, 5.41) is 3.22. The van der Waals surface area contributed by atoms with Gasteiger partial charge in [0.2, 0.25) is 17.2 Å². The molecule has 0 aromatic carbocycles. The molecule has 2 bridgehead atoms. The number of pyridine rings is 1. The van der Waals surface area contributed by atoms with Crippen LogP contribution < -0.4 is 15.8 Å². The van der Waals surface area contributed by atoms with E-state index in [9.17, 15) is 4.79 Å². The van der Waals surface area contributed by atoms with E-state index in [1.54, 1.807) is 12.1 Å². The number of nitrogens with one attached hydrogen (secondary N) is 1. The SMILES string of the molecule is C=CCNc1nc(Cl)nc(N2C[C@H]3C[C@@H](C2)c2cccc(=O)n2C3)n1. The van der Waals surface area contributed by atoms with E-state index in [0.717, 1.165) is 31.7 Å². The van der Waals surface area contributed by atoms with E-state index in [1.165, 1.54) is 0 Å². The van der Waals surface area contributed by atoms with Crippen LogP contribution in [0.3, 0.4) is 0 Å². The van der Waals surface area contributed by atoms with Crippen molar-refractivity contribution in [2.75, 3.05) is 29.9 Å². The Kier molecular flexibility index (Phi) is 4.17. The molecule has 2 aliphatic heterocycles. The molecule has 1 saturated heterocycles. The third-order valence-electron chi connectivity index (χ3n) is 4.76. The highest BCUT2D eigenvalue weighted by molar-refractivity contribution is 6.28. The van der Waals surface area contributed by atoms with Crippen LogP contribution >= 0.6 is 11.6 Å². The summed E-state index contributed by atoms with van der Waals surface area (Å²) in [6, 6.07) is 5.51. The number of rotatable bonds is 4. The fourth-order valence-corrected chi connectivity index (χ4v) is 3.94. The summed E-state index contributed by atoms with van der Waals surface area (Å²) in [5.41, 5.74) is 1.18. The van der Waals surface area contributed by atoms with Crippen LogP contribution in [0, 0.1) is 5.92 Å². The first kappa shape index (κ1) is 16.1. The second-order valence-electron chi connectivity index (χ2n) is 6.50. The normalized spacial score (nSPS) is 21.6. The van der Waals surface area contributed by atoms with Crippen molar-refractivity contribution in [3.63, 3.8) is 0 Å². The summed E-state index contributed by atoms with van der Waals surface area (Å²) in [7, 11) is 0. The lowest BCUT2D eigenvalue weighted by Crippen LogP contribution is -2.47. The molecule has 0 saturated carbocycles. The van der Waals surface area contributed by atoms with Crippen molar-refractivity contribution in [2.24, 2.45) is 5.92 Å². The van der Waals surface area contributed by atoms with E-state index in [0.29, 0.717) is 30.3 Å². The van der Waals surface area contributed by atoms with Gasteiger partial charge in [-0.2, -0.15) is 15.0 Å². The highest BCUT2D eigenvalue weighted by atomic mass is 35.5. The largest absolute Gasteiger partial charge is 0.351 e. The topological polar surface area (TPSA) is 75.9 Å². The van der Waals surface area contributed by atoms with Crippen LogP contribution in [0.2, 0.25) is 5.28 Å². The Morgan fingerprint density at radius 1 is 1.28 bits per heavy atom. The minimum Gasteiger partial charge on any atom is -0.351 e. The third kappa shape index (κ3) is 3.11. The summed E-state index contributed by atoms with van der Waals surface area (Å²) in [6.07, 6.45) is 2.82. The molecule has 0 radical (unpaired) electrons. The quantitative estimate of drug-likeness (QED) is 0.841. The first-order valence-electron chi connectivity index (χ1n) is 8.35. The van der Waals surface area contributed by atoms with Gasteiger partial charge < -0.3 is 14.8 Å². The number of nitrogens with zero attached hydrogens (tertiary/aromatic N) is 5. The molecule has 2 aliphatic rings. The number of hydrogen-bond acceptors (Lipinski definition) is 6. The molecule has 4 heterocycles. The molecule has 1 fully saturated rings. The summed E-state index contributed by atoms with van der Waals surface area (Å²) >= 11 is 6.07. The van der Waals surface area contributed by atoms with Crippen molar-refractivity contribution in [2.45, 2.75) is 18.9 Å². The van der Waals surface area contributed by atoms with Gasteiger partial charge in [0.25, 0.3) is 5.56 Å². The molecular formula is C17H19ClN6O. The van der Waals surface area contributed by atoms with Gasteiger partial charge in [0.05, 0.1) is 0 Å². The molecule has 0 aliphatic carbocycles. The molecule has 2 aromatic rings. The minimum atomic E-state index is 0.0831. The van der Waals surface area contributed by atoms with E-state index in [4.69, 9.17) is 11.6 Å². The van der Waals surface area contributed by atoms with Crippen LogP contribution in [-0.4, -0.2) is 39.2 Å². The van der Waals surface area contributed by atoms with Crippen LogP contribution in [0.5, 0.6) is 0 Å². The molecular weight excluding hydrogens is 340 g/mol. The predicted molar refractivity (Wildman–Crippen MR) is 97.3 cm³/mol. The van der Waals surface area contributed by atoms with Crippen LogP contribution in [0.1, 0.15) is 18.0 Å². The van der Waals surface area contributed by atoms with Gasteiger partial charge in [0.1, 0.15) is 0 Å². The first-order chi connectivity index (χ1) is 12.1. The summed E-state index contributed by atoms with van der Waals surface area (Å²) in [6.45, 7) is 6.54. The zero-order valence-corrected chi connectivity index (χ0v) is 14.5. The Morgan fingerprint density at radius 2 is 2.16 bits per heavy atom. The standard InChI is InChI=1S/C17H19ClN6O/c1-2-6-19-16-20-15(18)21-17(22-16)23-8-11-7-12(10-23)13-4-3-5-14(25)24(13)9-11/h2-5,11-12H,1,6-10H2,(H,19,20,21,22)/t11-,12+/m1/s1. The van der Waals surface area contributed by atoms with Gasteiger partial charge in [-0.25, -0.2) is 0 Å². The Labute approximate surface area is 150 Å². The third-order valence-corrected chi connectivity index (χ3v) is 4.93. The Balaban J connectivity index is 1.63. The van der Waals surface area contributed by atoms with Gasteiger partial charge in [0.15, 0.2) is 0 Å². The summed E-state index contributed by atoms with van der Waals surface area (Å²) < 4.78 is 1.91. The maximum atomic E-state index is 12.1. The first-order valence-corrected chi connectivity index (χ1v) is 8.73. The minimum absolute atomic E-state index is 0.0831. The van der Waals surface area contributed by atoms with Crippen LogP contribution in [0.15, 0.2) is 35.6 Å². The highest BCUT2D eigenvalue weighted by Crippen LogP contribution is 2.36. The smallest absolute Gasteiger partial charge is 0.250 e. The average Bonchev–Trinajstić information content (AvgIpc) is 2.60. The van der Waals surface area contributed by atoms with Gasteiger partial charge in [-0.05, 0) is 30.0 Å². The van der Waals surface area contributed by atoms with Crippen molar-refractivity contribution in [1.82, 2.24) is 19.5 Å². The average molecular weight is 359 g/mol. The van der Waals surface area contributed by atoms with Gasteiger partial charge in [-0.15, -0.1) is 6.58 Å². The number of halogens is 1. The number of anilines is 2. The molecule has 1 N–H and O–H groups in total. The lowest BCUT2D eigenvalue weighted by molar-refractivity contribution is 0.279. The van der Waals surface area contributed by atoms with Gasteiger partial charge >= 0.3 is 0 Å². The highest BCUT2D eigenvalue weighted by Gasteiger charge is 2.35. The molecule has 0 amide bonds. The van der Waals surface area contributed by atoms with E-state index in [-0.39, 0.29) is 10.8 Å². The molecule has 25 heavy (non-hydrogen) atoms. The number of hydrogen-bond donors (Lipinski definition) is 1. The van der Waals surface area contributed by atoms with E-state index < -0.39 is 0 Å². The summed E-state index contributed by atoms with van der Waals surface area (Å²) in [4.78, 5) is 27.2. The molecule has 0 unspecified atom stereocenters. The second-order valence-corrected chi connectivity index (χ2v) is 6.84. The van der Waals surface area contributed by atoms with Crippen LogP contribution in [-0.2, 0) is 6.54 Å². The van der Waals surface area contributed by atoms with Gasteiger partial charge in [0, 0.05) is 43.9 Å². The maximum Gasteiger partial charge on any atom is 0.250 e. The molecule has 2 atom stereocenters. The number of aromatic nitrogens is 4. The lowest BCUT2D eigenvalue weighted by Gasteiger charge is -2.42. The molecule has 130 valence electrons. The van der Waals surface area contributed by atoms with Crippen molar-refractivity contribution >= 4 is 23.5 Å². The summed E-state index contributed by atoms with van der Waals surface area (Å²) in [5.74, 6) is 1.71. The fourth-order valence-electron chi connectivity index (χ4n) is 3.78. The van der Waals surface area contributed by atoms with Gasteiger partial charge in [-0.1, -0.05) is 12.1 Å². The van der Waals surface area contributed by atoms with Crippen molar-refractivity contribution in [1.29, 1.82) is 0 Å². The van der Waals surface area contributed by atoms with Crippen LogP contribution in [0.25, 0.3) is 0 Å². The molecule has 2 aromatic heterocycles. The molecule has 0 spiro atoms. The van der Waals surface area contributed by atoms with Crippen molar-refractivity contribution in [3.05, 3.63) is 52.2 Å². The maximum absolute atomic E-state index is 12.1. The van der Waals surface area contributed by atoms with Crippen molar-refractivity contribution in [3.8, 4) is 0 Å². The lowest BCUT2D eigenvalue weighted by atomic mass is 9.83. The molecule has 8 heteroatoms. The fraction of sp³-hybridized carbons (Fsp3) is 0.412. The molecule has 7 nitrogen and oxygen atoms in total. The van der Waals surface area contributed by atoms with Gasteiger partial charge in [-0.3, -0.25) is 4.79 Å². The second kappa shape index (κ2) is 6.48. The predicted octanol–water partition coefficient (Wildman–Crippen LogP) is 1.91. The Morgan fingerprint density at radius 3 is 3.00 bits per heavy atom. The Hall–Kier alpha value is -2.41.